The number of amides is 1. The number of anilines is 1. The van der Waals surface area contributed by atoms with E-state index in [1.54, 1.807) is 12.3 Å². The van der Waals surface area contributed by atoms with Crippen LogP contribution in [0.1, 0.15) is 39.2 Å². The molecule has 0 unspecified atom stereocenters. The molecule has 1 amide bonds. The Morgan fingerprint density at radius 2 is 1.84 bits per heavy atom. The van der Waals surface area contributed by atoms with E-state index in [1.165, 1.54) is 5.56 Å². The Kier molecular flexibility index (Phi) is 7.23. The van der Waals surface area contributed by atoms with Gasteiger partial charge in [0.2, 0.25) is 0 Å². The molecule has 9 nitrogen and oxygen atoms in total. The number of pyridine rings is 2. The van der Waals surface area contributed by atoms with Crippen molar-refractivity contribution in [3.8, 4) is 17.1 Å². The second-order valence-corrected chi connectivity index (χ2v) is 10.9. The van der Waals surface area contributed by atoms with Crippen molar-refractivity contribution in [1.29, 1.82) is 0 Å². The number of fused-ring (bicyclic) bond motifs is 1. The van der Waals surface area contributed by atoms with Gasteiger partial charge in [0.1, 0.15) is 22.1 Å². The Hall–Kier alpha value is -3.69. The van der Waals surface area contributed by atoms with Gasteiger partial charge in [-0.15, -0.1) is 0 Å². The number of imidazole rings is 1. The van der Waals surface area contributed by atoms with Crippen LogP contribution in [-0.4, -0.2) is 55.2 Å². The Bertz CT molecular complexity index is 1440. The summed E-state index contributed by atoms with van der Waals surface area (Å²) in [5.41, 5.74) is 9.92. The monoisotopic (exact) mass is 533 g/mol. The molecule has 1 fully saturated rings. The summed E-state index contributed by atoms with van der Waals surface area (Å²) in [6.45, 7) is 8.25. The highest BCUT2D eigenvalue weighted by Gasteiger charge is 2.24. The first-order valence-electron chi connectivity index (χ1n) is 12.7. The average Bonchev–Trinajstić information content (AvgIpc) is 3.23. The quantitative estimate of drug-likeness (QED) is 0.339. The van der Waals surface area contributed by atoms with Crippen molar-refractivity contribution in [2.75, 3.05) is 18.8 Å². The zero-order valence-electron chi connectivity index (χ0n) is 21.8. The molecule has 38 heavy (non-hydrogen) atoms. The molecule has 0 aliphatic carbocycles. The lowest BCUT2D eigenvalue weighted by Gasteiger charge is -2.32. The number of likely N-dealkylation sites (tertiary alicyclic amines) is 1. The van der Waals surface area contributed by atoms with Gasteiger partial charge in [-0.2, -0.15) is 0 Å². The fraction of sp³-hybridized carbons (Fsp3) is 0.357. The van der Waals surface area contributed by atoms with Crippen molar-refractivity contribution in [3.05, 3.63) is 65.4 Å². The molecule has 0 bridgehead atoms. The van der Waals surface area contributed by atoms with Gasteiger partial charge in [0.25, 0.3) is 0 Å². The Labute approximate surface area is 227 Å². The van der Waals surface area contributed by atoms with Gasteiger partial charge in [0.05, 0.1) is 5.56 Å². The topological polar surface area (TPSA) is 111 Å². The van der Waals surface area contributed by atoms with Gasteiger partial charge in [-0.3, -0.25) is 9.47 Å². The summed E-state index contributed by atoms with van der Waals surface area (Å²) in [4.78, 5) is 28.1. The Morgan fingerprint density at radius 3 is 2.53 bits per heavy atom. The Morgan fingerprint density at radius 1 is 1.11 bits per heavy atom. The predicted octanol–water partition coefficient (Wildman–Crippen LogP) is 5.21. The van der Waals surface area contributed by atoms with Crippen LogP contribution >= 0.6 is 11.6 Å². The van der Waals surface area contributed by atoms with Crippen LogP contribution in [0.3, 0.4) is 0 Å². The SMILES string of the molecule is CC(C)(C)OC(=O)NC1CCN(Cc2ccc(-n3c(-c4cccnc4N)nc4ccc(Cl)nc43)cc2)CC1. The van der Waals surface area contributed by atoms with E-state index in [1.807, 2.05) is 43.5 Å². The van der Waals surface area contributed by atoms with E-state index < -0.39 is 5.60 Å². The molecule has 198 valence electrons. The highest BCUT2D eigenvalue weighted by molar-refractivity contribution is 6.29. The molecule has 1 saturated heterocycles. The van der Waals surface area contributed by atoms with Crippen molar-refractivity contribution >= 4 is 34.7 Å². The summed E-state index contributed by atoms with van der Waals surface area (Å²) in [6, 6.07) is 15.8. The number of carbonyl (C=O) groups is 1. The lowest BCUT2D eigenvalue weighted by Crippen LogP contribution is -2.45. The molecule has 0 radical (unpaired) electrons. The second-order valence-electron chi connectivity index (χ2n) is 10.5. The summed E-state index contributed by atoms with van der Waals surface area (Å²) in [5.74, 6) is 1.06. The lowest BCUT2D eigenvalue weighted by atomic mass is 10.0. The van der Waals surface area contributed by atoms with E-state index in [2.05, 4.69) is 44.5 Å². The summed E-state index contributed by atoms with van der Waals surface area (Å²) < 4.78 is 7.35. The lowest BCUT2D eigenvalue weighted by molar-refractivity contribution is 0.0477. The summed E-state index contributed by atoms with van der Waals surface area (Å²) in [5, 5.41) is 3.39. The number of carbonyl (C=O) groups excluding carboxylic acids is 1. The van der Waals surface area contributed by atoms with Gasteiger partial charge >= 0.3 is 6.09 Å². The smallest absolute Gasteiger partial charge is 0.407 e. The van der Waals surface area contributed by atoms with E-state index in [-0.39, 0.29) is 12.1 Å². The number of hydrogen-bond acceptors (Lipinski definition) is 7. The van der Waals surface area contributed by atoms with Gasteiger partial charge in [0, 0.05) is 37.6 Å². The van der Waals surface area contributed by atoms with Crippen LogP contribution in [0.2, 0.25) is 5.15 Å². The van der Waals surface area contributed by atoms with Crippen molar-refractivity contribution in [2.45, 2.75) is 51.8 Å². The fourth-order valence-electron chi connectivity index (χ4n) is 4.68. The molecule has 1 aliphatic heterocycles. The molecular weight excluding hydrogens is 502 g/mol. The third-order valence-electron chi connectivity index (χ3n) is 6.46. The number of halogens is 1. The maximum atomic E-state index is 12.1. The minimum absolute atomic E-state index is 0.135. The van der Waals surface area contributed by atoms with E-state index in [4.69, 9.17) is 27.1 Å². The highest BCUT2D eigenvalue weighted by Crippen LogP contribution is 2.31. The number of benzene rings is 1. The number of nitrogens with one attached hydrogen (secondary N) is 1. The number of rotatable bonds is 5. The first-order valence-corrected chi connectivity index (χ1v) is 13.1. The summed E-state index contributed by atoms with van der Waals surface area (Å²) in [6.07, 6.45) is 3.09. The average molecular weight is 534 g/mol. The number of alkyl carbamates (subject to hydrolysis) is 1. The van der Waals surface area contributed by atoms with Crippen LogP contribution in [0.15, 0.2) is 54.7 Å². The molecule has 0 atom stereocenters. The molecule has 10 heteroatoms. The molecule has 1 aliphatic rings. The standard InChI is InChI=1S/C28H32ClN7O2/c1-28(2,3)38-27(37)32-19-12-15-35(16-13-19)17-18-6-8-20(9-7-18)36-25(21-5-4-14-31-24(21)30)33-22-10-11-23(29)34-26(22)36/h4-11,14,19H,12-13,15-17H2,1-3H3,(H2,30,31)(H,32,37). The number of piperidine rings is 1. The van der Waals surface area contributed by atoms with E-state index in [0.717, 1.165) is 49.2 Å². The number of nitrogens with zero attached hydrogens (tertiary/aromatic N) is 5. The fourth-order valence-corrected chi connectivity index (χ4v) is 4.83. The van der Waals surface area contributed by atoms with Gasteiger partial charge in [-0.25, -0.2) is 19.7 Å². The number of aromatic nitrogens is 4. The molecule has 3 aromatic heterocycles. The number of nitrogens with two attached hydrogens (primary N) is 1. The van der Waals surface area contributed by atoms with Crippen LogP contribution < -0.4 is 11.1 Å². The van der Waals surface area contributed by atoms with Gasteiger partial charge in [-0.05, 0) is 75.6 Å². The van der Waals surface area contributed by atoms with Gasteiger partial charge < -0.3 is 15.8 Å². The first-order chi connectivity index (χ1) is 18.2. The van der Waals surface area contributed by atoms with Crippen LogP contribution in [0, 0.1) is 0 Å². The van der Waals surface area contributed by atoms with Crippen LogP contribution in [0.5, 0.6) is 0 Å². The molecule has 0 saturated carbocycles. The van der Waals surface area contributed by atoms with E-state index >= 15 is 0 Å². The highest BCUT2D eigenvalue weighted by atomic mass is 35.5. The molecule has 4 aromatic rings. The molecule has 5 rings (SSSR count). The number of ether oxygens (including phenoxy) is 1. The molecule has 3 N–H and O–H groups in total. The van der Waals surface area contributed by atoms with Gasteiger partial charge in [-0.1, -0.05) is 23.7 Å². The minimum Gasteiger partial charge on any atom is -0.444 e. The van der Waals surface area contributed by atoms with Crippen molar-refractivity contribution < 1.29 is 9.53 Å². The normalized spacial score (nSPS) is 15.1. The Balaban J connectivity index is 1.31. The van der Waals surface area contributed by atoms with E-state index in [9.17, 15) is 4.79 Å². The second kappa shape index (κ2) is 10.6. The third kappa shape index (κ3) is 5.89. The van der Waals surface area contributed by atoms with Crippen LogP contribution in [-0.2, 0) is 11.3 Å². The minimum atomic E-state index is -0.492. The molecular formula is C28H32ClN7O2. The van der Waals surface area contributed by atoms with Crippen LogP contribution in [0.4, 0.5) is 10.6 Å². The zero-order valence-corrected chi connectivity index (χ0v) is 22.6. The van der Waals surface area contributed by atoms with Crippen molar-refractivity contribution in [2.24, 2.45) is 0 Å². The van der Waals surface area contributed by atoms with Crippen molar-refractivity contribution in [3.63, 3.8) is 0 Å². The predicted molar refractivity (Wildman–Crippen MR) is 149 cm³/mol. The number of hydrogen-bond donors (Lipinski definition) is 2. The maximum Gasteiger partial charge on any atom is 0.407 e. The van der Waals surface area contributed by atoms with E-state index in [0.29, 0.717) is 22.4 Å². The first kappa shape index (κ1) is 25.9. The zero-order chi connectivity index (χ0) is 26.9. The summed E-state index contributed by atoms with van der Waals surface area (Å²) in [7, 11) is 0. The third-order valence-corrected chi connectivity index (χ3v) is 6.67. The maximum absolute atomic E-state index is 12.1. The van der Waals surface area contributed by atoms with Crippen molar-refractivity contribution in [1.82, 2.24) is 29.7 Å². The largest absolute Gasteiger partial charge is 0.444 e. The van der Waals surface area contributed by atoms with Crippen LogP contribution in [0.25, 0.3) is 28.2 Å². The summed E-state index contributed by atoms with van der Waals surface area (Å²) >= 11 is 6.24. The molecule has 1 aromatic carbocycles. The van der Waals surface area contributed by atoms with Gasteiger partial charge in [0.15, 0.2) is 11.5 Å². The molecule has 4 heterocycles. The molecule has 0 spiro atoms. The number of nitrogen functional groups attached to an aromatic ring is 1.